The number of carbonyl (C=O) groups excluding carboxylic acids is 1. The fourth-order valence-electron chi connectivity index (χ4n) is 0.581. The predicted octanol–water partition coefficient (Wildman–Crippen LogP) is -0.0369. The van der Waals surface area contributed by atoms with Gasteiger partial charge in [-0.3, -0.25) is 0 Å². The summed E-state index contributed by atoms with van der Waals surface area (Å²) in [6, 6.07) is 0. The normalized spacial score (nSPS) is 16.8. The summed E-state index contributed by atoms with van der Waals surface area (Å²) < 4.78 is 4.67. The average molecular weight is 130 g/mol. The summed E-state index contributed by atoms with van der Waals surface area (Å²) in [4.78, 5) is 10.7. The van der Waals surface area contributed by atoms with E-state index in [9.17, 15) is 4.79 Å². The van der Waals surface area contributed by atoms with Gasteiger partial charge in [-0.25, -0.2) is 15.2 Å². The average Bonchev–Trinajstić information content (AvgIpc) is 1.60. The summed E-state index contributed by atoms with van der Waals surface area (Å²) in [7, 11) is 0. The molecule has 0 radical (unpaired) electrons. The number of rotatable bonds is 1. The van der Waals surface area contributed by atoms with Crippen LogP contribution in [0, 0.1) is 0 Å². The third-order valence-electron chi connectivity index (χ3n) is 1.13. The van der Waals surface area contributed by atoms with Crippen molar-refractivity contribution in [3.05, 3.63) is 0 Å². The predicted molar refractivity (Wildman–Crippen MR) is 31.7 cm³/mol. The van der Waals surface area contributed by atoms with E-state index >= 15 is 0 Å². The lowest BCUT2D eigenvalue weighted by Crippen LogP contribution is -2.56. The Hall–Kier alpha value is -0.770. The Labute approximate surface area is 53.7 Å². The van der Waals surface area contributed by atoms with Crippen molar-refractivity contribution in [2.45, 2.75) is 6.92 Å². The third kappa shape index (κ3) is 1.32. The van der Waals surface area contributed by atoms with Gasteiger partial charge < -0.3 is 4.74 Å². The zero-order valence-corrected chi connectivity index (χ0v) is 5.39. The number of hydrazine groups is 1. The van der Waals surface area contributed by atoms with E-state index in [0.717, 1.165) is 13.1 Å². The molecule has 1 fully saturated rings. The highest BCUT2D eigenvalue weighted by molar-refractivity contribution is 5.67. The second-order valence-electron chi connectivity index (χ2n) is 1.76. The molecule has 1 saturated heterocycles. The Morgan fingerprint density at radius 3 is 2.89 bits per heavy atom. The summed E-state index contributed by atoms with van der Waals surface area (Å²) in [5, 5.41) is 1.45. The first kappa shape index (κ1) is 6.35. The maximum atomic E-state index is 10.7. The summed E-state index contributed by atoms with van der Waals surface area (Å²) >= 11 is 0. The number of nitrogens with one attached hydrogen (secondary N) is 1. The lowest BCUT2D eigenvalue weighted by atomic mass is 10.5. The second-order valence-corrected chi connectivity index (χ2v) is 1.76. The largest absolute Gasteiger partial charge is 0.449 e. The summed E-state index contributed by atoms with van der Waals surface area (Å²) in [6.45, 7) is 3.87. The lowest BCUT2D eigenvalue weighted by Gasteiger charge is -2.30. The van der Waals surface area contributed by atoms with Crippen molar-refractivity contribution in [3.8, 4) is 0 Å². The number of ether oxygens (including phenoxy) is 1. The minimum atomic E-state index is -0.274. The van der Waals surface area contributed by atoms with E-state index in [2.05, 4.69) is 10.2 Å². The molecule has 9 heavy (non-hydrogen) atoms. The zero-order valence-electron chi connectivity index (χ0n) is 5.39. The first-order chi connectivity index (χ1) is 4.34. The highest BCUT2D eigenvalue weighted by Gasteiger charge is 2.19. The van der Waals surface area contributed by atoms with E-state index in [4.69, 9.17) is 0 Å². The fraction of sp³-hybridized carbons (Fsp3) is 0.800. The molecule has 0 atom stereocenters. The summed E-state index contributed by atoms with van der Waals surface area (Å²) in [5.41, 5.74) is 2.79. The molecule has 0 unspecified atom stereocenters. The van der Waals surface area contributed by atoms with E-state index in [0.29, 0.717) is 6.61 Å². The Balaban J connectivity index is 2.16. The molecule has 4 nitrogen and oxygen atoms in total. The molecule has 1 N–H and O–H groups in total. The van der Waals surface area contributed by atoms with Gasteiger partial charge in [0.25, 0.3) is 0 Å². The molecule has 0 aromatic rings. The van der Waals surface area contributed by atoms with Crippen molar-refractivity contribution >= 4 is 6.09 Å². The molecular formula is C5H10N2O2. The van der Waals surface area contributed by atoms with Gasteiger partial charge in [0.05, 0.1) is 13.2 Å². The van der Waals surface area contributed by atoms with Crippen LogP contribution in [0.1, 0.15) is 6.92 Å². The van der Waals surface area contributed by atoms with E-state index in [1.165, 1.54) is 5.01 Å². The molecule has 1 aliphatic rings. The number of hydrogen-bond donors (Lipinski definition) is 1. The van der Waals surface area contributed by atoms with Gasteiger partial charge in [0, 0.05) is 6.54 Å². The Morgan fingerprint density at radius 2 is 2.56 bits per heavy atom. The minimum Gasteiger partial charge on any atom is -0.449 e. The van der Waals surface area contributed by atoms with E-state index in [1.807, 2.05) is 0 Å². The van der Waals surface area contributed by atoms with Gasteiger partial charge in [0.15, 0.2) is 0 Å². The topological polar surface area (TPSA) is 41.6 Å². The van der Waals surface area contributed by atoms with Gasteiger partial charge in [-0.1, -0.05) is 0 Å². The van der Waals surface area contributed by atoms with Gasteiger partial charge in [-0.2, -0.15) is 0 Å². The zero-order chi connectivity index (χ0) is 6.69. The second kappa shape index (κ2) is 2.68. The van der Waals surface area contributed by atoms with Gasteiger partial charge in [0.2, 0.25) is 0 Å². The van der Waals surface area contributed by atoms with Crippen LogP contribution < -0.4 is 5.43 Å². The van der Waals surface area contributed by atoms with Crippen molar-refractivity contribution in [3.63, 3.8) is 0 Å². The monoisotopic (exact) mass is 130 g/mol. The van der Waals surface area contributed by atoms with E-state index in [1.54, 1.807) is 6.92 Å². The van der Waals surface area contributed by atoms with Gasteiger partial charge in [0.1, 0.15) is 0 Å². The Kier molecular flexibility index (Phi) is 1.89. The van der Waals surface area contributed by atoms with E-state index < -0.39 is 0 Å². The summed E-state index contributed by atoms with van der Waals surface area (Å²) in [6.07, 6.45) is -0.274. The van der Waals surface area contributed by atoms with Crippen molar-refractivity contribution in [1.29, 1.82) is 0 Å². The molecule has 0 aliphatic carbocycles. The standard InChI is InChI=1S/C5H10N2O2/c1-2-9-5(8)7-4-3-6-7/h6H,2-4H2,1H3. The molecule has 1 heterocycles. The molecule has 0 aromatic heterocycles. The van der Waals surface area contributed by atoms with Gasteiger partial charge in [-0.15, -0.1) is 0 Å². The van der Waals surface area contributed by atoms with Gasteiger partial charge >= 0.3 is 6.09 Å². The molecule has 0 saturated carbocycles. The maximum absolute atomic E-state index is 10.7. The molecule has 52 valence electrons. The van der Waals surface area contributed by atoms with Crippen LogP contribution in [0.15, 0.2) is 0 Å². The van der Waals surface area contributed by atoms with Crippen molar-refractivity contribution in [1.82, 2.24) is 10.4 Å². The van der Waals surface area contributed by atoms with Crippen LogP contribution >= 0.6 is 0 Å². The highest BCUT2D eigenvalue weighted by atomic mass is 16.6. The van der Waals surface area contributed by atoms with Crippen LogP contribution in [-0.4, -0.2) is 30.8 Å². The first-order valence-electron chi connectivity index (χ1n) is 3.02. The molecule has 1 amide bonds. The minimum absolute atomic E-state index is 0.274. The first-order valence-corrected chi connectivity index (χ1v) is 3.02. The molecule has 1 rings (SSSR count). The van der Waals surface area contributed by atoms with Gasteiger partial charge in [-0.05, 0) is 6.92 Å². The van der Waals surface area contributed by atoms with Crippen LogP contribution in [0.2, 0.25) is 0 Å². The van der Waals surface area contributed by atoms with Crippen molar-refractivity contribution < 1.29 is 9.53 Å². The lowest BCUT2D eigenvalue weighted by molar-refractivity contribution is 0.0548. The summed E-state index contributed by atoms with van der Waals surface area (Å²) in [5.74, 6) is 0. The molecular weight excluding hydrogens is 120 g/mol. The smallest absolute Gasteiger partial charge is 0.424 e. The van der Waals surface area contributed by atoms with Crippen LogP contribution in [0.25, 0.3) is 0 Å². The third-order valence-corrected chi connectivity index (χ3v) is 1.13. The quantitative estimate of drug-likeness (QED) is 0.541. The van der Waals surface area contributed by atoms with Crippen LogP contribution in [-0.2, 0) is 4.74 Å². The molecule has 0 bridgehead atoms. The van der Waals surface area contributed by atoms with Crippen LogP contribution in [0.5, 0.6) is 0 Å². The Morgan fingerprint density at radius 1 is 1.89 bits per heavy atom. The Bertz CT molecular complexity index is 112. The highest BCUT2D eigenvalue weighted by Crippen LogP contribution is 1.95. The number of nitrogens with zero attached hydrogens (tertiary/aromatic N) is 1. The number of hydrogen-bond acceptors (Lipinski definition) is 3. The van der Waals surface area contributed by atoms with Crippen LogP contribution in [0.3, 0.4) is 0 Å². The fourth-order valence-corrected chi connectivity index (χ4v) is 0.581. The van der Waals surface area contributed by atoms with Crippen LogP contribution in [0.4, 0.5) is 4.79 Å². The SMILES string of the molecule is CCOC(=O)N1CCN1. The maximum Gasteiger partial charge on any atom is 0.424 e. The molecule has 0 spiro atoms. The molecule has 1 aliphatic heterocycles. The van der Waals surface area contributed by atoms with Crippen molar-refractivity contribution in [2.75, 3.05) is 19.7 Å². The number of carbonyl (C=O) groups is 1. The van der Waals surface area contributed by atoms with Crippen molar-refractivity contribution in [2.24, 2.45) is 0 Å². The molecule has 0 aromatic carbocycles. The molecule has 4 heteroatoms. The van der Waals surface area contributed by atoms with E-state index in [-0.39, 0.29) is 6.09 Å². The number of amides is 1.